The molecule has 1 aliphatic heterocycles. The minimum Gasteiger partial charge on any atom is -0.454 e. The van der Waals surface area contributed by atoms with Gasteiger partial charge in [0.05, 0.1) is 0 Å². The standard InChI is InChI=1S/C10H11N3O2/c1-11-10(13-12-2)7-3-4-8-9(5-7)15-6-14-8/h3-5H,2,6H2,1H3,(H,11,13). The van der Waals surface area contributed by atoms with E-state index in [2.05, 4.69) is 22.2 Å². The molecule has 0 amide bonds. The fraction of sp³-hybridized carbons (Fsp3) is 0.200. The summed E-state index contributed by atoms with van der Waals surface area (Å²) in [6.07, 6.45) is 0. The predicted molar refractivity (Wildman–Crippen MR) is 57.7 cm³/mol. The van der Waals surface area contributed by atoms with E-state index in [1.54, 1.807) is 7.05 Å². The zero-order chi connectivity index (χ0) is 10.7. The first-order chi connectivity index (χ1) is 7.35. The number of hydrogen-bond acceptors (Lipinski definition) is 4. The Kier molecular flexibility index (Phi) is 2.53. The number of fused-ring (bicyclic) bond motifs is 1. The third-order valence-electron chi connectivity index (χ3n) is 2.05. The third-order valence-corrected chi connectivity index (χ3v) is 2.05. The molecule has 0 radical (unpaired) electrons. The average Bonchev–Trinajstić information content (AvgIpc) is 2.72. The van der Waals surface area contributed by atoms with Crippen LogP contribution >= 0.6 is 0 Å². The lowest BCUT2D eigenvalue weighted by atomic mass is 10.2. The van der Waals surface area contributed by atoms with Crippen molar-refractivity contribution >= 4 is 12.6 Å². The van der Waals surface area contributed by atoms with Crippen molar-refractivity contribution in [3.63, 3.8) is 0 Å². The van der Waals surface area contributed by atoms with E-state index in [1.807, 2.05) is 18.2 Å². The molecule has 0 unspecified atom stereocenters. The highest BCUT2D eigenvalue weighted by Gasteiger charge is 2.14. The number of aliphatic imine (C=N–C) groups is 1. The molecule has 1 aromatic carbocycles. The van der Waals surface area contributed by atoms with Crippen LogP contribution in [0.25, 0.3) is 0 Å². The van der Waals surface area contributed by atoms with E-state index >= 15 is 0 Å². The molecule has 1 aliphatic rings. The summed E-state index contributed by atoms with van der Waals surface area (Å²) in [4.78, 5) is 4.05. The van der Waals surface area contributed by atoms with Crippen LogP contribution in [0.2, 0.25) is 0 Å². The summed E-state index contributed by atoms with van der Waals surface area (Å²) >= 11 is 0. The summed E-state index contributed by atoms with van der Waals surface area (Å²) in [6, 6.07) is 5.57. The van der Waals surface area contributed by atoms with Gasteiger partial charge in [0.1, 0.15) is 5.84 Å². The molecular formula is C10H11N3O2. The normalized spacial score (nSPS) is 13.8. The number of hydrazone groups is 1. The fourth-order valence-electron chi connectivity index (χ4n) is 1.36. The molecule has 2 rings (SSSR count). The average molecular weight is 205 g/mol. The Bertz CT molecular complexity index is 415. The van der Waals surface area contributed by atoms with Crippen molar-refractivity contribution in [3.05, 3.63) is 23.8 Å². The second-order valence-electron chi connectivity index (χ2n) is 2.91. The summed E-state index contributed by atoms with van der Waals surface area (Å²) in [5, 5.41) is 3.57. The second-order valence-corrected chi connectivity index (χ2v) is 2.91. The molecule has 0 atom stereocenters. The number of nitrogens with zero attached hydrogens (tertiary/aromatic N) is 2. The molecule has 0 aromatic heterocycles. The minimum atomic E-state index is 0.268. The lowest BCUT2D eigenvalue weighted by molar-refractivity contribution is 0.174. The van der Waals surface area contributed by atoms with E-state index in [-0.39, 0.29) is 6.79 Å². The van der Waals surface area contributed by atoms with E-state index in [4.69, 9.17) is 9.47 Å². The zero-order valence-electron chi connectivity index (χ0n) is 8.36. The van der Waals surface area contributed by atoms with Gasteiger partial charge >= 0.3 is 0 Å². The van der Waals surface area contributed by atoms with Crippen molar-refractivity contribution in [1.29, 1.82) is 0 Å². The van der Waals surface area contributed by atoms with Crippen LogP contribution < -0.4 is 14.9 Å². The number of hydrogen-bond donors (Lipinski definition) is 1. The molecule has 0 saturated heterocycles. The Morgan fingerprint density at radius 3 is 2.93 bits per heavy atom. The Hall–Kier alpha value is -2.04. The summed E-state index contributed by atoms with van der Waals surface area (Å²) in [5.41, 5.74) is 3.59. The van der Waals surface area contributed by atoms with Crippen molar-refractivity contribution in [3.8, 4) is 11.5 Å². The summed E-state index contributed by atoms with van der Waals surface area (Å²) in [7, 11) is 1.68. The number of benzene rings is 1. The van der Waals surface area contributed by atoms with Gasteiger partial charge in [0, 0.05) is 19.3 Å². The van der Waals surface area contributed by atoms with Crippen molar-refractivity contribution in [1.82, 2.24) is 5.43 Å². The quantitative estimate of drug-likeness (QED) is 0.445. The zero-order valence-corrected chi connectivity index (χ0v) is 8.36. The molecule has 15 heavy (non-hydrogen) atoms. The monoisotopic (exact) mass is 205 g/mol. The lowest BCUT2D eigenvalue weighted by Gasteiger charge is -2.05. The van der Waals surface area contributed by atoms with E-state index in [0.717, 1.165) is 17.1 Å². The molecule has 78 valence electrons. The molecular weight excluding hydrogens is 194 g/mol. The van der Waals surface area contributed by atoms with Crippen LogP contribution in [0.1, 0.15) is 5.56 Å². The molecule has 0 bridgehead atoms. The molecule has 1 aromatic rings. The molecule has 0 fully saturated rings. The largest absolute Gasteiger partial charge is 0.454 e. The lowest BCUT2D eigenvalue weighted by Crippen LogP contribution is -2.18. The number of amidine groups is 1. The number of ether oxygens (including phenoxy) is 2. The maximum absolute atomic E-state index is 5.26. The van der Waals surface area contributed by atoms with Crippen LogP contribution in [0.15, 0.2) is 28.3 Å². The SMILES string of the molecule is C=NNC(=NC)c1ccc2c(c1)OCO2. The molecule has 0 saturated carbocycles. The van der Waals surface area contributed by atoms with Crippen LogP contribution in [-0.4, -0.2) is 26.4 Å². The highest BCUT2D eigenvalue weighted by atomic mass is 16.7. The van der Waals surface area contributed by atoms with E-state index in [1.165, 1.54) is 0 Å². The Morgan fingerprint density at radius 1 is 1.40 bits per heavy atom. The Labute approximate surface area is 87.4 Å². The molecule has 5 nitrogen and oxygen atoms in total. The van der Waals surface area contributed by atoms with Crippen LogP contribution in [0.4, 0.5) is 0 Å². The maximum Gasteiger partial charge on any atom is 0.231 e. The summed E-state index contributed by atoms with van der Waals surface area (Å²) < 4.78 is 10.5. The molecule has 1 heterocycles. The first-order valence-electron chi connectivity index (χ1n) is 4.43. The minimum absolute atomic E-state index is 0.268. The van der Waals surface area contributed by atoms with Crippen molar-refractivity contribution in [2.75, 3.05) is 13.8 Å². The van der Waals surface area contributed by atoms with E-state index in [9.17, 15) is 0 Å². The highest BCUT2D eigenvalue weighted by Crippen LogP contribution is 2.32. The van der Waals surface area contributed by atoms with E-state index < -0.39 is 0 Å². The van der Waals surface area contributed by atoms with Crippen molar-refractivity contribution < 1.29 is 9.47 Å². The van der Waals surface area contributed by atoms with E-state index in [0.29, 0.717) is 5.84 Å². The Morgan fingerprint density at radius 2 is 2.20 bits per heavy atom. The van der Waals surface area contributed by atoms with Gasteiger partial charge in [0.2, 0.25) is 6.79 Å². The van der Waals surface area contributed by atoms with Crippen LogP contribution in [0.5, 0.6) is 11.5 Å². The van der Waals surface area contributed by atoms with Gasteiger partial charge in [-0.1, -0.05) is 0 Å². The highest BCUT2D eigenvalue weighted by molar-refractivity contribution is 5.99. The van der Waals surface area contributed by atoms with Crippen LogP contribution in [-0.2, 0) is 0 Å². The summed E-state index contributed by atoms with van der Waals surface area (Å²) in [6.45, 7) is 3.62. The molecule has 1 N–H and O–H groups in total. The van der Waals surface area contributed by atoms with Gasteiger partial charge in [-0.15, -0.1) is 0 Å². The molecule has 5 heteroatoms. The second kappa shape index (κ2) is 4.00. The van der Waals surface area contributed by atoms with Crippen LogP contribution in [0.3, 0.4) is 0 Å². The van der Waals surface area contributed by atoms with Crippen LogP contribution in [0, 0.1) is 0 Å². The van der Waals surface area contributed by atoms with Gasteiger partial charge in [0.25, 0.3) is 0 Å². The Balaban J connectivity index is 2.33. The molecule has 0 spiro atoms. The third kappa shape index (κ3) is 1.76. The maximum atomic E-state index is 5.26. The fourth-order valence-corrected chi connectivity index (χ4v) is 1.36. The van der Waals surface area contributed by atoms with Crippen molar-refractivity contribution in [2.24, 2.45) is 10.1 Å². The van der Waals surface area contributed by atoms with Gasteiger partial charge in [-0.3, -0.25) is 10.4 Å². The topological polar surface area (TPSA) is 55.2 Å². The van der Waals surface area contributed by atoms with Crippen molar-refractivity contribution in [2.45, 2.75) is 0 Å². The van der Waals surface area contributed by atoms with Gasteiger partial charge in [-0.25, -0.2) is 0 Å². The smallest absolute Gasteiger partial charge is 0.231 e. The first-order valence-corrected chi connectivity index (χ1v) is 4.43. The van der Waals surface area contributed by atoms with Gasteiger partial charge in [-0.2, -0.15) is 5.10 Å². The van der Waals surface area contributed by atoms with Gasteiger partial charge < -0.3 is 9.47 Å². The number of rotatable bonds is 2. The predicted octanol–water partition coefficient (Wildman–Crippen LogP) is 0.997. The first kappa shape index (κ1) is 9.51. The summed E-state index contributed by atoms with van der Waals surface area (Å²) in [5.74, 6) is 2.11. The number of nitrogens with one attached hydrogen (secondary N) is 1. The molecule has 0 aliphatic carbocycles. The van der Waals surface area contributed by atoms with Gasteiger partial charge in [-0.05, 0) is 18.2 Å². The van der Waals surface area contributed by atoms with Gasteiger partial charge in [0.15, 0.2) is 11.5 Å².